The Kier molecular flexibility index (Phi) is 8.67. The van der Waals surface area contributed by atoms with Gasteiger partial charge in [-0.15, -0.1) is 0 Å². The number of fused-ring (bicyclic) bond motifs is 1. The number of urea groups is 1. The zero-order valence-corrected chi connectivity index (χ0v) is 20.3. The predicted molar refractivity (Wildman–Crippen MR) is 133 cm³/mol. The van der Waals surface area contributed by atoms with Crippen molar-refractivity contribution in [1.82, 2.24) is 15.5 Å². The Bertz CT molecular complexity index is 1190. The zero-order valence-electron chi connectivity index (χ0n) is 19.5. The van der Waals surface area contributed by atoms with E-state index in [1.54, 1.807) is 30.3 Å². The number of guanidine groups is 1. The average Bonchev–Trinajstić information content (AvgIpc) is 3.13. The molecular formula is C25H29ClN4O4. The van der Waals surface area contributed by atoms with Crippen LogP contribution in [0, 0.1) is 6.92 Å². The van der Waals surface area contributed by atoms with Crippen molar-refractivity contribution in [1.29, 1.82) is 0 Å². The van der Waals surface area contributed by atoms with Gasteiger partial charge in [0.1, 0.15) is 11.3 Å². The number of carbonyl (C=O) groups excluding carboxylic acids is 2. The van der Waals surface area contributed by atoms with Gasteiger partial charge in [-0.2, -0.15) is 0 Å². The Balaban J connectivity index is 2.02. The zero-order chi connectivity index (χ0) is 24.7. The van der Waals surface area contributed by atoms with E-state index in [0.717, 1.165) is 34.3 Å². The normalized spacial score (nSPS) is 11.5. The van der Waals surface area contributed by atoms with E-state index in [-0.39, 0.29) is 31.6 Å². The van der Waals surface area contributed by atoms with Crippen LogP contribution in [-0.4, -0.2) is 41.1 Å². The molecule has 9 heteroatoms. The van der Waals surface area contributed by atoms with Crippen LogP contribution in [0.3, 0.4) is 0 Å². The van der Waals surface area contributed by atoms with Gasteiger partial charge in [-0.05, 0) is 54.8 Å². The maximum atomic E-state index is 13.1. The molecule has 1 aromatic heterocycles. The summed E-state index contributed by atoms with van der Waals surface area (Å²) in [4.78, 5) is 31.1. The minimum Gasteiger partial charge on any atom is -0.461 e. The molecule has 0 saturated carbocycles. The first kappa shape index (κ1) is 25.3. The minimum atomic E-state index is -0.454. The molecule has 0 fully saturated rings. The number of carbonyl (C=O) groups is 2. The molecule has 0 aliphatic heterocycles. The Hall–Kier alpha value is -3.36. The molecule has 3 rings (SSSR count). The summed E-state index contributed by atoms with van der Waals surface area (Å²) in [6.07, 6.45) is 1.18. The number of aryl methyl sites for hydroxylation is 2. The number of halogens is 1. The monoisotopic (exact) mass is 484 g/mol. The van der Waals surface area contributed by atoms with Crippen LogP contribution in [0.5, 0.6) is 0 Å². The Morgan fingerprint density at radius 3 is 2.56 bits per heavy atom. The number of amides is 3. The topological polar surface area (TPSA) is 107 Å². The molecule has 0 saturated heterocycles. The first-order valence-electron chi connectivity index (χ1n) is 11.1. The van der Waals surface area contributed by atoms with E-state index in [9.17, 15) is 9.59 Å². The highest BCUT2D eigenvalue weighted by Gasteiger charge is 2.22. The lowest BCUT2D eigenvalue weighted by atomic mass is 10.1. The summed E-state index contributed by atoms with van der Waals surface area (Å²) < 4.78 is 5.88. The lowest BCUT2D eigenvalue weighted by Gasteiger charge is -2.25. The van der Waals surface area contributed by atoms with Crippen molar-refractivity contribution in [3.63, 3.8) is 0 Å². The molecule has 0 aliphatic carbocycles. The summed E-state index contributed by atoms with van der Waals surface area (Å²) in [5.74, 6) is 0.628. The van der Waals surface area contributed by atoms with E-state index >= 15 is 0 Å². The fraction of sp³-hybridized carbons (Fsp3) is 0.320. The van der Waals surface area contributed by atoms with Gasteiger partial charge >= 0.3 is 6.03 Å². The number of aliphatic hydroxyl groups excluding tert-OH is 1. The third kappa shape index (κ3) is 6.36. The standard InChI is InChI=1S/C25H29ClN4O4/c1-4-22-16(2)21-14-20(10-11-23(21)34-22)29-24(28-17(3)32)30(25(33)27-12-5-13-31)15-18-6-8-19(26)9-7-18/h6-11,14,31H,4-5,12-13,15H2,1-3H3,(H,27,33)(H,28,29,32). The molecule has 1 heterocycles. The maximum Gasteiger partial charge on any atom is 0.324 e. The van der Waals surface area contributed by atoms with Crippen LogP contribution in [0.4, 0.5) is 10.5 Å². The molecule has 0 unspecified atom stereocenters. The molecular weight excluding hydrogens is 456 g/mol. The average molecular weight is 485 g/mol. The highest BCUT2D eigenvalue weighted by molar-refractivity contribution is 6.30. The molecule has 8 nitrogen and oxygen atoms in total. The molecule has 0 spiro atoms. The second-order valence-electron chi connectivity index (χ2n) is 7.82. The van der Waals surface area contributed by atoms with Gasteiger partial charge in [0.25, 0.3) is 0 Å². The largest absolute Gasteiger partial charge is 0.461 e. The molecule has 2 aromatic carbocycles. The number of hydrogen-bond donors (Lipinski definition) is 3. The molecule has 0 aliphatic rings. The van der Waals surface area contributed by atoms with Crippen molar-refractivity contribution in [2.45, 2.75) is 40.2 Å². The van der Waals surface area contributed by atoms with Crippen molar-refractivity contribution in [3.8, 4) is 0 Å². The predicted octanol–water partition coefficient (Wildman–Crippen LogP) is 4.67. The lowest BCUT2D eigenvalue weighted by molar-refractivity contribution is -0.117. The highest BCUT2D eigenvalue weighted by Crippen LogP contribution is 2.29. The smallest absolute Gasteiger partial charge is 0.324 e. The fourth-order valence-corrected chi connectivity index (χ4v) is 3.61. The van der Waals surface area contributed by atoms with Crippen LogP contribution in [0.15, 0.2) is 51.9 Å². The van der Waals surface area contributed by atoms with E-state index in [0.29, 0.717) is 17.1 Å². The van der Waals surface area contributed by atoms with Gasteiger partial charge < -0.3 is 14.8 Å². The molecule has 3 aromatic rings. The van der Waals surface area contributed by atoms with Crippen molar-refractivity contribution < 1.29 is 19.1 Å². The third-order valence-electron chi connectivity index (χ3n) is 5.23. The van der Waals surface area contributed by atoms with Crippen molar-refractivity contribution >= 4 is 46.2 Å². The van der Waals surface area contributed by atoms with Crippen LogP contribution < -0.4 is 10.6 Å². The Morgan fingerprint density at radius 2 is 1.91 bits per heavy atom. The van der Waals surface area contributed by atoms with Gasteiger partial charge in [0.15, 0.2) is 0 Å². The third-order valence-corrected chi connectivity index (χ3v) is 5.48. The van der Waals surface area contributed by atoms with E-state index < -0.39 is 6.03 Å². The van der Waals surface area contributed by atoms with E-state index in [2.05, 4.69) is 15.6 Å². The maximum absolute atomic E-state index is 13.1. The molecule has 0 bridgehead atoms. The number of furan rings is 1. The highest BCUT2D eigenvalue weighted by atomic mass is 35.5. The summed E-state index contributed by atoms with van der Waals surface area (Å²) in [5.41, 5.74) is 3.16. The van der Waals surface area contributed by atoms with Gasteiger partial charge in [0.05, 0.1) is 12.2 Å². The molecule has 0 atom stereocenters. The van der Waals surface area contributed by atoms with Crippen molar-refractivity contribution in [2.24, 2.45) is 4.99 Å². The second-order valence-corrected chi connectivity index (χ2v) is 8.26. The van der Waals surface area contributed by atoms with E-state index in [1.807, 2.05) is 26.0 Å². The van der Waals surface area contributed by atoms with E-state index in [1.165, 1.54) is 11.8 Å². The summed E-state index contributed by atoms with van der Waals surface area (Å²) in [6.45, 7) is 5.76. The quantitative estimate of drug-likeness (QED) is 0.257. The van der Waals surface area contributed by atoms with E-state index in [4.69, 9.17) is 21.1 Å². The van der Waals surface area contributed by atoms with Gasteiger partial charge in [0, 0.05) is 36.9 Å². The van der Waals surface area contributed by atoms with Crippen LogP contribution in [0.25, 0.3) is 11.0 Å². The molecule has 0 radical (unpaired) electrons. The molecule has 3 N–H and O–H groups in total. The number of aliphatic imine (C=N–C) groups is 1. The number of hydrogen-bond acceptors (Lipinski definition) is 5. The van der Waals surface area contributed by atoms with Gasteiger partial charge in [-0.1, -0.05) is 30.7 Å². The van der Waals surface area contributed by atoms with Crippen molar-refractivity contribution in [3.05, 3.63) is 64.4 Å². The van der Waals surface area contributed by atoms with Gasteiger partial charge in [-0.25, -0.2) is 9.79 Å². The molecule has 3 amide bonds. The molecule has 180 valence electrons. The minimum absolute atomic E-state index is 0.0477. The first-order chi connectivity index (χ1) is 16.3. The van der Waals surface area contributed by atoms with Crippen LogP contribution in [0.1, 0.15) is 37.2 Å². The summed E-state index contributed by atoms with van der Waals surface area (Å²) >= 11 is 6.00. The fourth-order valence-electron chi connectivity index (χ4n) is 3.49. The van der Waals surface area contributed by atoms with Gasteiger partial charge in [-0.3, -0.25) is 15.0 Å². The summed E-state index contributed by atoms with van der Waals surface area (Å²) in [7, 11) is 0. The van der Waals surface area contributed by atoms with Crippen LogP contribution >= 0.6 is 11.6 Å². The Labute approximate surface area is 203 Å². The Morgan fingerprint density at radius 1 is 1.18 bits per heavy atom. The first-order valence-corrected chi connectivity index (χ1v) is 11.5. The summed E-state index contributed by atoms with van der Waals surface area (Å²) in [5, 5.41) is 16.0. The molecule has 34 heavy (non-hydrogen) atoms. The van der Waals surface area contributed by atoms with Crippen LogP contribution in [0.2, 0.25) is 5.02 Å². The van der Waals surface area contributed by atoms with Crippen molar-refractivity contribution in [2.75, 3.05) is 13.2 Å². The number of rotatable bonds is 7. The number of nitrogens with one attached hydrogen (secondary N) is 2. The van der Waals surface area contributed by atoms with Gasteiger partial charge in [0.2, 0.25) is 11.9 Å². The van der Waals surface area contributed by atoms with Crippen LogP contribution in [-0.2, 0) is 17.8 Å². The lowest BCUT2D eigenvalue weighted by Crippen LogP contribution is -2.50. The SMILES string of the molecule is CCc1oc2ccc(N=C(NC(C)=O)N(Cc3ccc(Cl)cc3)C(=O)NCCCO)cc2c1C. The summed E-state index contributed by atoms with van der Waals surface area (Å²) in [6, 6.07) is 12.1. The number of nitrogens with zero attached hydrogens (tertiary/aromatic N) is 2. The number of aliphatic hydroxyl groups is 1. The second kappa shape index (κ2) is 11.7. The number of benzene rings is 2.